The summed E-state index contributed by atoms with van der Waals surface area (Å²) in [6.45, 7) is 16.8. The van der Waals surface area contributed by atoms with Crippen LogP contribution in [0.3, 0.4) is 0 Å². The molecule has 0 spiro atoms. The maximum absolute atomic E-state index is 12.8. The summed E-state index contributed by atoms with van der Waals surface area (Å²) in [5.41, 5.74) is -0.301. The molecule has 3 heteroatoms. The number of carbonyl (C=O) groups is 1. The number of carbonyl (C=O) groups excluding carboxylic acids is 1. The van der Waals surface area contributed by atoms with Gasteiger partial charge >= 0.3 is 0 Å². The normalized spacial score (nSPS) is 19.4. The molecule has 0 saturated carbocycles. The lowest BCUT2D eigenvalue weighted by atomic mass is 9.61. The first-order valence-corrected chi connectivity index (χ1v) is 7.08. The third-order valence-corrected chi connectivity index (χ3v) is 5.38. The van der Waals surface area contributed by atoms with Gasteiger partial charge in [0, 0.05) is 31.6 Å². The van der Waals surface area contributed by atoms with Crippen molar-refractivity contribution in [3.63, 3.8) is 0 Å². The highest BCUT2D eigenvalue weighted by atomic mass is 16.2. The van der Waals surface area contributed by atoms with E-state index < -0.39 is 0 Å². The lowest BCUT2D eigenvalue weighted by molar-refractivity contribution is -0.150. The van der Waals surface area contributed by atoms with Crippen LogP contribution in [0.4, 0.5) is 0 Å². The van der Waals surface area contributed by atoms with Crippen LogP contribution in [0.25, 0.3) is 0 Å². The SMILES string of the molecule is CC(C)C(C)(C)C(C)(C)C(=O)N1CCN(C)CC1. The van der Waals surface area contributed by atoms with Crippen molar-refractivity contribution in [3.8, 4) is 0 Å². The molecule has 0 N–H and O–H groups in total. The average molecular weight is 254 g/mol. The van der Waals surface area contributed by atoms with Gasteiger partial charge in [0.15, 0.2) is 0 Å². The monoisotopic (exact) mass is 254 g/mol. The quantitative estimate of drug-likeness (QED) is 0.772. The Balaban J connectivity index is 2.82. The summed E-state index contributed by atoms with van der Waals surface area (Å²) >= 11 is 0. The van der Waals surface area contributed by atoms with E-state index in [-0.39, 0.29) is 10.8 Å². The van der Waals surface area contributed by atoms with Crippen LogP contribution in [0.1, 0.15) is 41.5 Å². The molecule has 1 heterocycles. The number of piperazine rings is 1. The van der Waals surface area contributed by atoms with Crippen LogP contribution >= 0.6 is 0 Å². The molecule has 0 aliphatic carbocycles. The smallest absolute Gasteiger partial charge is 0.228 e. The van der Waals surface area contributed by atoms with E-state index in [1.807, 2.05) is 4.90 Å². The van der Waals surface area contributed by atoms with Gasteiger partial charge < -0.3 is 9.80 Å². The highest BCUT2D eigenvalue weighted by Crippen LogP contribution is 2.45. The summed E-state index contributed by atoms with van der Waals surface area (Å²) in [5.74, 6) is 0.804. The van der Waals surface area contributed by atoms with Gasteiger partial charge in [-0.1, -0.05) is 41.5 Å². The fraction of sp³-hybridized carbons (Fsp3) is 0.933. The molecule has 1 rings (SSSR count). The number of hydrogen-bond donors (Lipinski definition) is 0. The highest BCUT2D eigenvalue weighted by Gasteiger charge is 2.46. The van der Waals surface area contributed by atoms with Crippen LogP contribution in [-0.2, 0) is 4.79 Å². The van der Waals surface area contributed by atoms with E-state index in [1.54, 1.807) is 0 Å². The van der Waals surface area contributed by atoms with Crippen molar-refractivity contribution in [2.24, 2.45) is 16.7 Å². The third kappa shape index (κ3) is 2.71. The topological polar surface area (TPSA) is 23.6 Å². The molecule has 0 aromatic heterocycles. The van der Waals surface area contributed by atoms with E-state index in [0.29, 0.717) is 11.8 Å². The molecule has 18 heavy (non-hydrogen) atoms. The summed E-state index contributed by atoms with van der Waals surface area (Å²) in [6, 6.07) is 0. The van der Waals surface area contributed by atoms with Crippen LogP contribution in [-0.4, -0.2) is 48.9 Å². The van der Waals surface area contributed by atoms with E-state index in [9.17, 15) is 4.79 Å². The Bertz CT molecular complexity index is 300. The molecular formula is C15H30N2O. The van der Waals surface area contributed by atoms with E-state index >= 15 is 0 Å². The van der Waals surface area contributed by atoms with Crippen LogP contribution in [0.2, 0.25) is 0 Å². The van der Waals surface area contributed by atoms with Crippen molar-refractivity contribution in [3.05, 3.63) is 0 Å². The summed E-state index contributed by atoms with van der Waals surface area (Å²) in [5, 5.41) is 0. The predicted octanol–water partition coefficient (Wildman–Crippen LogP) is 2.47. The average Bonchev–Trinajstić information content (AvgIpc) is 2.28. The van der Waals surface area contributed by atoms with Gasteiger partial charge in [-0.05, 0) is 18.4 Å². The molecule has 0 radical (unpaired) electrons. The first-order chi connectivity index (χ1) is 8.10. The van der Waals surface area contributed by atoms with Crippen LogP contribution in [0, 0.1) is 16.7 Å². The first kappa shape index (κ1) is 15.5. The second kappa shape index (κ2) is 5.20. The summed E-state index contributed by atoms with van der Waals surface area (Å²) in [7, 11) is 2.12. The number of amides is 1. The van der Waals surface area contributed by atoms with Gasteiger partial charge in [-0.2, -0.15) is 0 Å². The Morgan fingerprint density at radius 2 is 1.44 bits per heavy atom. The van der Waals surface area contributed by atoms with E-state index in [2.05, 4.69) is 53.5 Å². The zero-order valence-electron chi connectivity index (χ0n) is 13.2. The molecule has 0 aromatic rings. The number of nitrogens with zero attached hydrogens (tertiary/aromatic N) is 2. The van der Waals surface area contributed by atoms with Gasteiger partial charge in [-0.3, -0.25) is 4.79 Å². The number of hydrogen-bond acceptors (Lipinski definition) is 2. The van der Waals surface area contributed by atoms with Gasteiger partial charge in [0.1, 0.15) is 0 Å². The Kier molecular flexibility index (Phi) is 4.47. The molecule has 1 saturated heterocycles. The number of likely N-dealkylation sites (N-methyl/N-ethyl adjacent to an activating group) is 1. The molecule has 0 aromatic carbocycles. The standard InChI is InChI=1S/C15H30N2O/c1-12(2)14(3,4)15(5,6)13(18)17-10-8-16(7)9-11-17/h12H,8-11H2,1-7H3. The first-order valence-electron chi connectivity index (χ1n) is 7.08. The van der Waals surface area contributed by atoms with Crippen molar-refractivity contribution in [2.75, 3.05) is 33.2 Å². The lowest BCUT2D eigenvalue weighted by Crippen LogP contribution is -2.55. The predicted molar refractivity (Wildman–Crippen MR) is 76.5 cm³/mol. The minimum Gasteiger partial charge on any atom is -0.340 e. The second-order valence-corrected chi connectivity index (χ2v) is 7.10. The zero-order chi connectivity index (χ0) is 14.1. The maximum Gasteiger partial charge on any atom is 0.228 e. The molecule has 1 amide bonds. The van der Waals surface area contributed by atoms with Gasteiger partial charge in [-0.25, -0.2) is 0 Å². The van der Waals surface area contributed by atoms with Crippen LogP contribution < -0.4 is 0 Å². The van der Waals surface area contributed by atoms with Crippen molar-refractivity contribution in [2.45, 2.75) is 41.5 Å². The fourth-order valence-electron chi connectivity index (χ4n) is 2.40. The van der Waals surface area contributed by atoms with E-state index in [1.165, 1.54) is 0 Å². The molecule has 0 unspecified atom stereocenters. The van der Waals surface area contributed by atoms with Gasteiger partial charge in [-0.15, -0.1) is 0 Å². The molecule has 1 fully saturated rings. The van der Waals surface area contributed by atoms with Crippen LogP contribution in [0.15, 0.2) is 0 Å². The summed E-state index contributed by atoms with van der Waals surface area (Å²) < 4.78 is 0. The summed E-state index contributed by atoms with van der Waals surface area (Å²) in [6.07, 6.45) is 0. The van der Waals surface area contributed by atoms with E-state index in [4.69, 9.17) is 0 Å². The van der Waals surface area contributed by atoms with Crippen molar-refractivity contribution in [1.82, 2.24) is 9.80 Å². The maximum atomic E-state index is 12.8. The van der Waals surface area contributed by atoms with Crippen molar-refractivity contribution in [1.29, 1.82) is 0 Å². The molecular weight excluding hydrogens is 224 g/mol. The minimum atomic E-state index is -0.308. The van der Waals surface area contributed by atoms with Crippen molar-refractivity contribution < 1.29 is 4.79 Å². The Morgan fingerprint density at radius 3 is 1.83 bits per heavy atom. The van der Waals surface area contributed by atoms with Crippen LogP contribution in [0.5, 0.6) is 0 Å². The molecule has 0 atom stereocenters. The molecule has 3 nitrogen and oxygen atoms in total. The fourth-order valence-corrected chi connectivity index (χ4v) is 2.40. The van der Waals surface area contributed by atoms with E-state index in [0.717, 1.165) is 26.2 Å². The lowest BCUT2D eigenvalue weighted by Gasteiger charge is -2.47. The largest absolute Gasteiger partial charge is 0.340 e. The van der Waals surface area contributed by atoms with Gasteiger partial charge in [0.2, 0.25) is 5.91 Å². The Labute approximate surface area is 113 Å². The molecule has 106 valence electrons. The van der Waals surface area contributed by atoms with Crippen molar-refractivity contribution >= 4 is 5.91 Å². The van der Waals surface area contributed by atoms with Gasteiger partial charge in [0.25, 0.3) is 0 Å². The summed E-state index contributed by atoms with van der Waals surface area (Å²) in [4.78, 5) is 17.1. The van der Waals surface area contributed by atoms with Gasteiger partial charge in [0.05, 0.1) is 0 Å². The number of rotatable bonds is 3. The highest BCUT2D eigenvalue weighted by molar-refractivity contribution is 5.83. The molecule has 0 bridgehead atoms. The Morgan fingerprint density at radius 1 is 1.00 bits per heavy atom. The zero-order valence-corrected chi connectivity index (χ0v) is 13.2. The Hall–Kier alpha value is -0.570. The third-order valence-electron chi connectivity index (χ3n) is 5.38. The minimum absolute atomic E-state index is 0.00737. The second-order valence-electron chi connectivity index (χ2n) is 7.10. The molecule has 1 aliphatic rings. The molecule has 1 aliphatic heterocycles.